The van der Waals surface area contributed by atoms with Crippen LogP contribution in [0, 0.1) is 0 Å². The zero-order valence-electron chi connectivity index (χ0n) is 12.5. The van der Waals surface area contributed by atoms with Gasteiger partial charge < -0.3 is 5.32 Å². The van der Waals surface area contributed by atoms with Crippen molar-refractivity contribution < 1.29 is 4.79 Å². The predicted molar refractivity (Wildman–Crippen MR) is 96.9 cm³/mol. The van der Waals surface area contributed by atoms with Gasteiger partial charge in [0.25, 0.3) is 0 Å². The van der Waals surface area contributed by atoms with Crippen LogP contribution in [0.15, 0.2) is 53.9 Å². The standard InChI is InChI=1S/C18H15ClN2OS/c1-2-17(22)20-13-7-5-6-12(10-13)16-11-23-18(21-16)14-8-3-4-9-15(14)19/h3-11H,2H2,1H3,(H,20,22). The molecule has 0 unspecified atom stereocenters. The highest BCUT2D eigenvalue weighted by Gasteiger charge is 2.10. The number of hydrogen-bond acceptors (Lipinski definition) is 3. The Kier molecular flexibility index (Phi) is 4.74. The summed E-state index contributed by atoms with van der Waals surface area (Å²) in [6.45, 7) is 1.83. The monoisotopic (exact) mass is 342 g/mol. The summed E-state index contributed by atoms with van der Waals surface area (Å²) in [6, 6.07) is 15.4. The zero-order chi connectivity index (χ0) is 16.2. The molecule has 0 radical (unpaired) electrons. The highest BCUT2D eigenvalue weighted by Crippen LogP contribution is 2.33. The molecule has 5 heteroatoms. The molecule has 0 aliphatic carbocycles. The number of rotatable bonds is 4. The van der Waals surface area contributed by atoms with Crippen LogP contribution in [0.2, 0.25) is 5.02 Å². The molecule has 0 saturated carbocycles. The molecular formula is C18H15ClN2OS. The van der Waals surface area contributed by atoms with E-state index in [2.05, 4.69) is 10.3 Å². The highest BCUT2D eigenvalue weighted by atomic mass is 35.5. The van der Waals surface area contributed by atoms with Crippen LogP contribution in [0.3, 0.4) is 0 Å². The van der Waals surface area contributed by atoms with E-state index in [4.69, 9.17) is 11.6 Å². The molecule has 0 aliphatic rings. The first-order valence-corrected chi connectivity index (χ1v) is 8.54. The second kappa shape index (κ2) is 6.94. The van der Waals surface area contributed by atoms with E-state index in [0.29, 0.717) is 11.4 Å². The van der Waals surface area contributed by atoms with Crippen molar-refractivity contribution in [2.75, 3.05) is 5.32 Å². The van der Waals surface area contributed by atoms with Gasteiger partial charge in [0.2, 0.25) is 5.91 Å². The van der Waals surface area contributed by atoms with Crippen molar-refractivity contribution in [1.82, 2.24) is 4.98 Å². The van der Waals surface area contributed by atoms with Crippen molar-refractivity contribution in [2.45, 2.75) is 13.3 Å². The molecule has 0 aliphatic heterocycles. The summed E-state index contributed by atoms with van der Waals surface area (Å²) < 4.78 is 0. The van der Waals surface area contributed by atoms with E-state index in [1.807, 2.05) is 60.8 Å². The summed E-state index contributed by atoms with van der Waals surface area (Å²) in [5, 5.41) is 6.44. The van der Waals surface area contributed by atoms with E-state index in [1.54, 1.807) is 11.3 Å². The number of benzene rings is 2. The van der Waals surface area contributed by atoms with E-state index in [1.165, 1.54) is 0 Å². The first-order valence-electron chi connectivity index (χ1n) is 7.28. The molecule has 3 rings (SSSR count). The minimum absolute atomic E-state index is 0.00261. The molecule has 0 fully saturated rings. The van der Waals surface area contributed by atoms with E-state index >= 15 is 0 Å². The maximum atomic E-state index is 11.5. The van der Waals surface area contributed by atoms with Crippen LogP contribution in [0.5, 0.6) is 0 Å². The summed E-state index contributed by atoms with van der Waals surface area (Å²) in [5.41, 5.74) is 3.55. The quantitative estimate of drug-likeness (QED) is 0.682. The largest absolute Gasteiger partial charge is 0.326 e. The highest BCUT2D eigenvalue weighted by molar-refractivity contribution is 7.13. The summed E-state index contributed by atoms with van der Waals surface area (Å²) in [4.78, 5) is 16.2. The van der Waals surface area contributed by atoms with Crippen molar-refractivity contribution in [3.05, 3.63) is 58.9 Å². The summed E-state index contributed by atoms with van der Waals surface area (Å²) >= 11 is 7.78. The van der Waals surface area contributed by atoms with Gasteiger partial charge in [-0.2, -0.15) is 0 Å². The number of carbonyl (C=O) groups is 1. The van der Waals surface area contributed by atoms with E-state index in [0.717, 1.165) is 27.5 Å². The number of amides is 1. The number of nitrogens with one attached hydrogen (secondary N) is 1. The van der Waals surface area contributed by atoms with Crippen LogP contribution in [-0.2, 0) is 4.79 Å². The molecule has 1 N–H and O–H groups in total. The number of thiazole rings is 1. The third-order valence-electron chi connectivity index (χ3n) is 3.37. The lowest BCUT2D eigenvalue weighted by Crippen LogP contribution is -2.09. The molecule has 0 saturated heterocycles. The van der Waals surface area contributed by atoms with Crippen LogP contribution < -0.4 is 5.32 Å². The fourth-order valence-electron chi connectivity index (χ4n) is 2.17. The lowest BCUT2D eigenvalue weighted by atomic mass is 10.1. The SMILES string of the molecule is CCC(=O)Nc1cccc(-c2csc(-c3ccccc3Cl)n2)c1. The van der Waals surface area contributed by atoms with Crippen molar-refractivity contribution in [1.29, 1.82) is 0 Å². The van der Waals surface area contributed by atoms with Gasteiger partial charge in [-0.25, -0.2) is 4.98 Å². The van der Waals surface area contributed by atoms with Crippen LogP contribution in [0.25, 0.3) is 21.8 Å². The molecule has 23 heavy (non-hydrogen) atoms. The predicted octanol–water partition coefficient (Wildman–Crippen LogP) is 5.48. The smallest absolute Gasteiger partial charge is 0.224 e. The Bertz CT molecular complexity index is 844. The summed E-state index contributed by atoms with van der Waals surface area (Å²) in [6.07, 6.45) is 0.456. The topological polar surface area (TPSA) is 42.0 Å². The Labute approximate surface area is 144 Å². The molecule has 116 valence electrons. The maximum Gasteiger partial charge on any atom is 0.224 e. The van der Waals surface area contributed by atoms with Gasteiger partial charge in [-0.3, -0.25) is 4.79 Å². The van der Waals surface area contributed by atoms with E-state index < -0.39 is 0 Å². The molecule has 1 aromatic heterocycles. The van der Waals surface area contributed by atoms with E-state index in [9.17, 15) is 4.79 Å². The Morgan fingerprint density at radius 2 is 2.04 bits per heavy atom. The fourth-order valence-corrected chi connectivity index (χ4v) is 3.32. The maximum absolute atomic E-state index is 11.5. The number of carbonyl (C=O) groups excluding carboxylic acids is 1. The molecule has 3 aromatic rings. The first kappa shape index (κ1) is 15.7. The number of hydrogen-bond donors (Lipinski definition) is 1. The second-order valence-electron chi connectivity index (χ2n) is 5.00. The lowest BCUT2D eigenvalue weighted by Gasteiger charge is -2.05. The molecule has 0 atom stereocenters. The lowest BCUT2D eigenvalue weighted by molar-refractivity contribution is -0.115. The van der Waals surface area contributed by atoms with Gasteiger partial charge >= 0.3 is 0 Å². The minimum Gasteiger partial charge on any atom is -0.326 e. The van der Waals surface area contributed by atoms with Crippen LogP contribution in [-0.4, -0.2) is 10.9 Å². The second-order valence-corrected chi connectivity index (χ2v) is 6.27. The third-order valence-corrected chi connectivity index (χ3v) is 4.58. The summed E-state index contributed by atoms with van der Waals surface area (Å²) in [7, 11) is 0. The molecule has 0 bridgehead atoms. The average molecular weight is 343 g/mol. The number of halogens is 1. The van der Waals surface area contributed by atoms with Gasteiger partial charge in [-0.15, -0.1) is 11.3 Å². The normalized spacial score (nSPS) is 10.5. The number of anilines is 1. The van der Waals surface area contributed by atoms with Crippen LogP contribution in [0.1, 0.15) is 13.3 Å². The van der Waals surface area contributed by atoms with Crippen LogP contribution >= 0.6 is 22.9 Å². The molecule has 0 spiro atoms. The Morgan fingerprint density at radius 1 is 1.22 bits per heavy atom. The van der Waals surface area contributed by atoms with Gasteiger partial charge in [-0.1, -0.05) is 48.9 Å². The third kappa shape index (κ3) is 3.60. The Balaban J connectivity index is 1.90. The average Bonchev–Trinajstić information content (AvgIpc) is 3.05. The van der Waals surface area contributed by atoms with Crippen molar-refractivity contribution >= 4 is 34.5 Å². The number of nitrogens with zero attached hydrogens (tertiary/aromatic N) is 1. The Morgan fingerprint density at radius 3 is 2.83 bits per heavy atom. The molecule has 3 nitrogen and oxygen atoms in total. The first-order chi connectivity index (χ1) is 11.2. The van der Waals surface area contributed by atoms with Gasteiger partial charge in [0.1, 0.15) is 5.01 Å². The van der Waals surface area contributed by atoms with Crippen LogP contribution in [0.4, 0.5) is 5.69 Å². The van der Waals surface area contributed by atoms with Gasteiger partial charge in [0.05, 0.1) is 10.7 Å². The zero-order valence-corrected chi connectivity index (χ0v) is 14.1. The number of aromatic nitrogens is 1. The van der Waals surface area contributed by atoms with Crippen molar-refractivity contribution in [3.63, 3.8) is 0 Å². The van der Waals surface area contributed by atoms with Gasteiger partial charge in [0, 0.05) is 28.6 Å². The molecule has 1 amide bonds. The Hall–Kier alpha value is -2.17. The van der Waals surface area contributed by atoms with Gasteiger partial charge in [-0.05, 0) is 18.2 Å². The molecule has 2 aromatic carbocycles. The summed E-state index contributed by atoms with van der Waals surface area (Å²) in [5.74, 6) is -0.00261. The fraction of sp³-hybridized carbons (Fsp3) is 0.111. The van der Waals surface area contributed by atoms with E-state index in [-0.39, 0.29) is 5.91 Å². The van der Waals surface area contributed by atoms with Gasteiger partial charge in [0.15, 0.2) is 0 Å². The van der Waals surface area contributed by atoms with Crippen molar-refractivity contribution in [2.24, 2.45) is 0 Å². The molecule has 1 heterocycles. The van der Waals surface area contributed by atoms with Crippen molar-refractivity contribution in [3.8, 4) is 21.8 Å². The molecular weight excluding hydrogens is 328 g/mol. The minimum atomic E-state index is -0.00261.